The molecular formula is C10H16N2O. The molecule has 0 heterocycles. The third kappa shape index (κ3) is 2.73. The normalized spacial score (nSPS) is 29.5. The van der Waals surface area contributed by atoms with Crippen molar-refractivity contribution in [3.05, 3.63) is 0 Å². The van der Waals surface area contributed by atoms with Crippen molar-refractivity contribution in [2.75, 3.05) is 7.11 Å². The second kappa shape index (κ2) is 4.86. The maximum Gasteiger partial charge on any atom is 0.106 e. The minimum absolute atomic E-state index is 0.270. The van der Waals surface area contributed by atoms with Gasteiger partial charge in [0.15, 0.2) is 0 Å². The van der Waals surface area contributed by atoms with Crippen molar-refractivity contribution >= 4 is 5.71 Å². The molecule has 0 N–H and O–H groups in total. The highest BCUT2D eigenvalue weighted by Crippen LogP contribution is 2.29. The molecule has 0 atom stereocenters. The topological polar surface area (TPSA) is 45.4 Å². The molecule has 72 valence electrons. The van der Waals surface area contributed by atoms with Gasteiger partial charge in [0.25, 0.3) is 0 Å². The predicted octanol–water partition coefficient (Wildman–Crippen LogP) is 2.34. The Hall–Kier alpha value is -1.04. The van der Waals surface area contributed by atoms with Gasteiger partial charge in [-0.3, -0.25) is 0 Å². The number of hydrogen-bond donors (Lipinski definition) is 0. The van der Waals surface area contributed by atoms with E-state index in [1.807, 2.05) is 6.92 Å². The summed E-state index contributed by atoms with van der Waals surface area (Å²) in [6.45, 7) is 2.00. The van der Waals surface area contributed by atoms with Gasteiger partial charge in [-0.1, -0.05) is 5.16 Å². The number of rotatable bonds is 2. The molecule has 0 saturated heterocycles. The lowest BCUT2D eigenvalue weighted by molar-refractivity contribution is 0.208. The monoisotopic (exact) mass is 180 g/mol. The van der Waals surface area contributed by atoms with E-state index in [0.29, 0.717) is 5.92 Å². The Morgan fingerprint density at radius 1 is 1.38 bits per heavy atom. The third-order valence-electron chi connectivity index (χ3n) is 2.74. The van der Waals surface area contributed by atoms with E-state index in [4.69, 9.17) is 10.1 Å². The summed E-state index contributed by atoms with van der Waals surface area (Å²) >= 11 is 0. The maximum absolute atomic E-state index is 8.71. The average molecular weight is 180 g/mol. The first kappa shape index (κ1) is 10.0. The molecule has 0 aromatic carbocycles. The van der Waals surface area contributed by atoms with Crippen molar-refractivity contribution in [2.45, 2.75) is 32.6 Å². The number of oxime groups is 1. The molecule has 3 nitrogen and oxygen atoms in total. The molecule has 0 aromatic rings. The van der Waals surface area contributed by atoms with E-state index in [2.05, 4.69) is 11.2 Å². The highest BCUT2D eigenvalue weighted by atomic mass is 16.6. The van der Waals surface area contributed by atoms with Crippen LogP contribution < -0.4 is 0 Å². The first-order valence-corrected chi connectivity index (χ1v) is 4.75. The van der Waals surface area contributed by atoms with Gasteiger partial charge in [0, 0.05) is 11.8 Å². The highest BCUT2D eigenvalue weighted by molar-refractivity contribution is 5.83. The lowest BCUT2D eigenvalue weighted by Gasteiger charge is -2.23. The Balaban J connectivity index is 2.41. The quantitative estimate of drug-likeness (QED) is 0.483. The van der Waals surface area contributed by atoms with Gasteiger partial charge in [-0.2, -0.15) is 5.26 Å². The van der Waals surface area contributed by atoms with Crippen LogP contribution in [0.3, 0.4) is 0 Å². The van der Waals surface area contributed by atoms with Gasteiger partial charge in [-0.15, -0.1) is 0 Å². The molecule has 1 aliphatic rings. The summed E-state index contributed by atoms with van der Waals surface area (Å²) in [5, 5.41) is 12.6. The molecule has 0 amide bonds. The van der Waals surface area contributed by atoms with E-state index in [-0.39, 0.29) is 5.92 Å². The standard InChI is InChI=1S/C10H16N2O/c1-8(12-13-2)10-5-3-9(7-11)4-6-10/h9-10H,3-6H2,1-2H3. The predicted molar refractivity (Wildman–Crippen MR) is 51.2 cm³/mol. The minimum atomic E-state index is 0.270. The fraction of sp³-hybridized carbons (Fsp3) is 0.800. The lowest BCUT2D eigenvalue weighted by atomic mass is 9.81. The molecule has 1 rings (SSSR count). The van der Waals surface area contributed by atoms with E-state index in [1.165, 1.54) is 0 Å². The van der Waals surface area contributed by atoms with Crippen LogP contribution in [-0.2, 0) is 4.84 Å². The summed E-state index contributed by atoms with van der Waals surface area (Å²) < 4.78 is 0. The number of nitriles is 1. The average Bonchev–Trinajstić information content (AvgIpc) is 2.18. The minimum Gasteiger partial charge on any atom is -0.399 e. The summed E-state index contributed by atoms with van der Waals surface area (Å²) in [5.41, 5.74) is 1.07. The Morgan fingerprint density at radius 3 is 2.46 bits per heavy atom. The van der Waals surface area contributed by atoms with Crippen LogP contribution >= 0.6 is 0 Å². The van der Waals surface area contributed by atoms with Crippen LogP contribution in [0, 0.1) is 23.2 Å². The molecule has 3 heteroatoms. The Labute approximate surface area is 79.4 Å². The molecule has 0 aliphatic heterocycles. The van der Waals surface area contributed by atoms with Crippen molar-refractivity contribution < 1.29 is 4.84 Å². The fourth-order valence-corrected chi connectivity index (χ4v) is 1.86. The van der Waals surface area contributed by atoms with Crippen LogP contribution in [0.2, 0.25) is 0 Å². The SMILES string of the molecule is CON=C(C)C1CCC(C#N)CC1. The zero-order valence-corrected chi connectivity index (χ0v) is 8.29. The number of nitrogens with zero attached hydrogens (tertiary/aromatic N) is 2. The maximum atomic E-state index is 8.71. The highest BCUT2D eigenvalue weighted by Gasteiger charge is 2.22. The van der Waals surface area contributed by atoms with Crippen LogP contribution in [0.5, 0.6) is 0 Å². The molecule has 0 bridgehead atoms. The van der Waals surface area contributed by atoms with Crippen LogP contribution in [0.1, 0.15) is 32.6 Å². The molecule has 1 fully saturated rings. The zero-order chi connectivity index (χ0) is 9.68. The van der Waals surface area contributed by atoms with E-state index in [0.717, 1.165) is 31.4 Å². The van der Waals surface area contributed by atoms with Gasteiger partial charge in [-0.25, -0.2) is 0 Å². The molecular weight excluding hydrogens is 164 g/mol. The summed E-state index contributed by atoms with van der Waals surface area (Å²) in [4.78, 5) is 4.73. The van der Waals surface area contributed by atoms with Crippen LogP contribution in [0.4, 0.5) is 0 Å². The molecule has 0 unspecified atom stereocenters. The molecule has 0 radical (unpaired) electrons. The zero-order valence-electron chi connectivity index (χ0n) is 8.29. The van der Waals surface area contributed by atoms with Crippen molar-refractivity contribution in [3.8, 4) is 6.07 Å². The molecule has 0 spiro atoms. The van der Waals surface area contributed by atoms with Gasteiger partial charge in [0.2, 0.25) is 0 Å². The van der Waals surface area contributed by atoms with E-state index < -0.39 is 0 Å². The van der Waals surface area contributed by atoms with E-state index >= 15 is 0 Å². The van der Waals surface area contributed by atoms with E-state index in [1.54, 1.807) is 7.11 Å². The van der Waals surface area contributed by atoms with Crippen LogP contribution in [-0.4, -0.2) is 12.8 Å². The summed E-state index contributed by atoms with van der Waals surface area (Å²) in [5.74, 6) is 0.802. The van der Waals surface area contributed by atoms with Gasteiger partial charge in [0.1, 0.15) is 7.11 Å². The van der Waals surface area contributed by atoms with Gasteiger partial charge >= 0.3 is 0 Å². The first-order valence-electron chi connectivity index (χ1n) is 4.75. The van der Waals surface area contributed by atoms with Crippen LogP contribution in [0.25, 0.3) is 0 Å². The molecule has 1 aliphatic carbocycles. The molecule has 13 heavy (non-hydrogen) atoms. The van der Waals surface area contributed by atoms with Gasteiger partial charge in [0.05, 0.1) is 11.8 Å². The first-order chi connectivity index (χ1) is 6.27. The van der Waals surface area contributed by atoms with Crippen molar-refractivity contribution in [1.82, 2.24) is 0 Å². The third-order valence-corrected chi connectivity index (χ3v) is 2.74. The van der Waals surface area contributed by atoms with Crippen molar-refractivity contribution in [2.24, 2.45) is 17.0 Å². The summed E-state index contributed by atoms with van der Waals surface area (Å²) in [6.07, 6.45) is 4.18. The van der Waals surface area contributed by atoms with Gasteiger partial charge < -0.3 is 4.84 Å². The van der Waals surface area contributed by atoms with Crippen molar-refractivity contribution in [1.29, 1.82) is 5.26 Å². The smallest absolute Gasteiger partial charge is 0.106 e. The largest absolute Gasteiger partial charge is 0.399 e. The number of hydrogen-bond acceptors (Lipinski definition) is 3. The summed E-state index contributed by atoms with van der Waals surface area (Å²) in [7, 11) is 1.57. The van der Waals surface area contributed by atoms with Crippen molar-refractivity contribution in [3.63, 3.8) is 0 Å². The Kier molecular flexibility index (Phi) is 3.75. The second-order valence-electron chi connectivity index (χ2n) is 3.59. The fourth-order valence-electron chi connectivity index (χ4n) is 1.86. The van der Waals surface area contributed by atoms with Gasteiger partial charge in [-0.05, 0) is 32.6 Å². The van der Waals surface area contributed by atoms with Crippen LogP contribution in [0.15, 0.2) is 5.16 Å². The Bertz CT molecular complexity index is 222. The lowest BCUT2D eigenvalue weighted by Crippen LogP contribution is -2.19. The Morgan fingerprint density at radius 2 is 2.00 bits per heavy atom. The molecule has 0 aromatic heterocycles. The summed E-state index contributed by atoms with van der Waals surface area (Å²) in [6, 6.07) is 2.32. The van der Waals surface area contributed by atoms with E-state index in [9.17, 15) is 0 Å². The molecule has 1 saturated carbocycles. The second-order valence-corrected chi connectivity index (χ2v) is 3.59.